The molecule has 0 amide bonds. The van der Waals surface area contributed by atoms with Gasteiger partial charge in [-0.1, -0.05) is 0 Å². The maximum Gasteiger partial charge on any atom is 0.191 e. The first kappa shape index (κ1) is 20.9. The molecule has 0 bridgehead atoms. The van der Waals surface area contributed by atoms with Gasteiger partial charge < -0.3 is 24.8 Å². The molecular weight excluding hydrogens is 409 g/mol. The van der Waals surface area contributed by atoms with Crippen molar-refractivity contribution in [2.75, 3.05) is 46.6 Å². The van der Waals surface area contributed by atoms with Gasteiger partial charge in [-0.15, -0.1) is 24.0 Å². The van der Waals surface area contributed by atoms with Gasteiger partial charge in [0, 0.05) is 46.6 Å². The largest absolute Gasteiger partial charge is 0.381 e. The van der Waals surface area contributed by atoms with E-state index < -0.39 is 0 Å². The van der Waals surface area contributed by atoms with Crippen LogP contribution in [0.2, 0.25) is 0 Å². The van der Waals surface area contributed by atoms with Crippen LogP contribution in [0.1, 0.15) is 39.0 Å². The standard InChI is InChI=1S/C16H31N3O3.HI/c1-16(7-3-10-22-16)13-19-15(17-2)18-8-4-9-21-14-5-11-20-12-6-14;/h14H,3-13H2,1-2H3,(H2,17,18,19);1H. The number of rotatable bonds is 7. The van der Waals surface area contributed by atoms with E-state index in [1.807, 2.05) is 0 Å². The molecule has 1 atom stereocenters. The molecule has 0 aromatic heterocycles. The fourth-order valence-electron chi connectivity index (χ4n) is 2.84. The second kappa shape index (κ2) is 11.4. The zero-order valence-corrected chi connectivity index (χ0v) is 16.8. The lowest BCUT2D eigenvalue weighted by molar-refractivity contribution is -0.0320. The van der Waals surface area contributed by atoms with Gasteiger partial charge in [0.05, 0.1) is 11.7 Å². The van der Waals surface area contributed by atoms with E-state index in [1.54, 1.807) is 7.05 Å². The molecule has 2 heterocycles. The Bertz CT molecular complexity index is 343. The number of hydrogen-bond donors (Lipinski definition) is 2. The van der Waals surface area contributed by atoms with Gasteiger partial charge in [0.25, 0.3) is 0 Å². The third kappa shape index (κ3) is 8.00. The first-order valence-corrected chi connectivity index (χ1v) is 8.50. The molecule has 7 heteroatoms. The number of halogens is 1. The molecule has 0 radical (unpaired) electrons. The topological polar surface area (TPSA) is 64.1 Å². The Morgan fingerprint density at radius 1 is 1.26 bits per heavy atom. The fraction of sp³-hybridized carbons (Fsp3) is 0.938. The van der Waals surface area contributed by atoms with Crippen LogP contribution < -0.4 is 10.6 Å². The number of nitrogens with zero attached hydrogens (tertiary/aromatic N) is 1. The van der Waals surface area contributed by atoms with E-state index in [4.69, 9.17) is 14.2 Å². The van der Waals surface area contributed by atoms with Gasteiger partial charge in [0.1, 0.15) is 0 Å². The molecule has 0 aliphatic carbocycles. The maximum atomic E-state index is 5.86. The van der Waals surface area contributed by atoms with E-state index in [2.05, 4.69) is 22.5 Å². The van der Waals surface area contributed by atoms with E-state index in [0.29, 0.717) is 6.10 Å². The lowest BCUT2D eigenvalue weighted by Crippen LogP contribution is -2.45. The van der Waals surface area contributed by atoms with Gasteiger partial charge in [-0.2, -0.15) is 0 Å². The van der Waals surface area contributed by atoms with Gasteiger partial charge in [-0.05, 0) is 39.0 Å². The first-order chi connectivity index (χ1) is 10.7. The third-order valence-electron chi connectivity index (χ3n) is 4.29. The predicted octanol–water partition coefficient (Wildman–Crippen LogP) is 1.92. The summed E-state index contributed by atoms with van der Waals surface area (Å²) in [6.07, 6.45) is 5.66. The SMILES string of the molecule is CN=C(NCCCOC1CCOCC1)NCC1(C)CCCO1.I. The molecule has 2 saturated heterocycles. The Morgan fingerprint density at radius 3 is 2.70 bits per heavy atom. The first-order valence-electron chi connectivity index (χ1n) is 8.50. The highest BCUT2D eigenvalue weighted by molar-refractivity contribution is 14.0. The summed E-state index contributed by atoms with van der Waals surface area (Å²) in [7, 11) is 1.80. The van der Waals surface area contributed by atoms with Crippen LogP contribution in [-0.4, -0.2) is 64.2 Å². The molecule has 2 aliphatic rings. The van der Waals surface area contributed by atoms with Crippen molar-refractivity contribution in [2.45, 2.75) is 50.7 Å². The fourth-order valence-corrected chi connectivity index (χ4v) is 2.84. The number of hydrogen-bond acceptors (Lipinski definition) is 4. The quantitative estimate of drug-likeness (QED) is 0.274. The Balaban J connectivity index is 0.00000264. The summed E-state index contributed by atoms with van der Waals surface area (Å²) in [4.78, 5) is 4.25. The molecule has 0 spiro atoms. The molecule has 1 unspecified atom stereocenters. The highest BCUT2D eigenvalue weighted by Crippen LogP contribution is 2.23. The summed E-state index contributed by atoms with van der Waals surface area (Å²) in [6.45, 7) is 7.14. The number of aliphatic imine (C=N–C) groups is 1. The summed E-state index contributed by atoms with van der Waals surface area (Å²) in [6, 6.07) is 0. The smallest absolute Gasteiger partial charge is 0.191 e. The van der Waals surface area contributed by atoms with Crippen molar-refractivity contribution < 1.29 is 14.2 Å². The Hall–Kier alpha value is -0.120. The second-order valence-corrected chi connectivity index (χ2v) is 6.29. The molecule has 2 fully saturated rings. The summed E-state index contributed by atoms with van der Waals surface area (Å²) < 4.78 is 16.9. The minimum atomic E-state index is -0.0518. The predicted molar refractivity (Wildman–Crippen MR) is 103 cm³/mol. The Kier molecular flexibility index (Phi) is 10.4. The molecule has 0 aromatic rings. The van der Waals surface area contributed by atoms with Crippen molar-refractivity contribution in [1.82, 2.24) is 10.6 Å². The number of ether oxygens (including phenoxy) is 3. The number of nitrogens with one attached hydrogen (secondary N) is 2. The maximum absolute atomic E-state index is 5.86. The van der Waals surface area contributed by atoms with E-state index in [-0.39, 0.29) is 29.6 Å². The second-order valence-electron chi connectivity index (χ2n) is 6.29. The summed E-state index contributed by atoms with van der Waals surface area (Å²) in [5.74, 6) is 0.836. The summed E-state index contributed by atoms with van der Waals surface area (Å²) in [5.41, 5.74) is -0.0518. The van der Waals surface area contributed by atoms with Crippen LogP contribution in [-0.2, 0) is 14.2 Å². The molecule has 2 N–H and O–H groups in total. The summed E-state index contributed by atoms with van der Waals surface area (Å²) in [5, 5.41) is 6.68. The van der Waals surface area contributed by atoms with Crippen LogP contribution in [0.5, 0.6) is 0 Å². The molecule has 2 aliphatic heterocycles. The lowest BCUT2D eigenvalue weighted by atomic mass is 10.0. The molecular formula is C16H32IN3O3. The van der Waals surface area contributed by atoms with Crippen LogP contribution >= 0.6 is 24.0 Å². The minimum absolute atomic E-state index is 0. The highest BCUT2D eigenvalue weighted by Gasteiger charge is 2.29. The third-order valence-corrected chi connectivity index (χ3v) is 4.29. The number of guanidine groups is 1. The van der Waals surface area contributed by atoms with Crippen molar-refractivity contribution in [1.29, 1.82) is 0 Å². The Labute approximate surface area is 157 Å². The molecule has 23 heavy (non-hydrogen) atoms. The van der Waals surface area contributed by atoms with Gasteiger partial charge in [-0.25, -0.2) is 0 Å². The average molecular weight is 441 g/mol. The van der Waals surface area contributed by atoms with Crippen LogP contribution in [0, 0.1) is 0 Å². The van der Waals surface area contributed by atoms with Crippen molar-refractivity contribution >= 4 is 29.9 Å². The molecule has 0 aromatic carbocycles. The molecule has 2 rings (SSSR count). The van der Waals surface area contributed by atoms with Gasteiger partial charge in [0.2, 0.25) is 0 Å². The van der Waals surface area contributed by atoms with Crippen molar-refractivity contribution in [3.05, 3.63) is 0 Å². The van der Waals surface area contributed by atoms with Gasteiger partial charge in [0.15, 0.2) is 5.96 Å². The van der Waals surface area contributed by atoms with Gasteiger partial charge >= 0.3 is 0 Å². The zero-order chi connectivity index (χ0) is 15.7. The average Bonchev–Trinajstić information content (AvgIpc) is 2.98. The van der Waals surface area contributed by atoms with E-state index in [9.17, 15) is 0 Å². The van der Waals surface area contributed by atoms with Crippen LogP contribution in [0.15, 0.2) is 4.99 Å². The minimum Gasteiger partial charge on any atom is -0.381 e. The monoisotopic (exact) mass is 441 g/mol. The van der Waals surface area contributed by atoms with E-state index in [1.165, 1.54) is 0 Å². The molecule has 0 saturated carbocycles. The summed E-state index contributed by atoms with van der Waals surface area (Å²) >= 11 is 0. The van der Waals surface area contributed by atoms with Crippen LogP contribution in [0.25, 0.3) is 0 Å². The van der Waals surface area contributed by atoms with Crippen LogP contribution in [0.3, 0.4) is 0 Å². The van der Waals surface area contributed by atoms with Crippen molar-refractivity contribution in [3.8, 4) is 0 Å². The van der Waals surface area contributed by atoms with Crippen LogP contribution in [0.4, 0.5) is 0 Å². The normalized spacial score (nSPS) is 25.9. The van der Waals surface area contributed by atoms with Crippen molar-refractivity contribution in [2.24, 2.45) is 4.99 Å². The van der Waals surface area contributed by atoms with E-state index in [0.717, 1.165) is 77.6 Å². The highest BCUT2D eigenvalue weighted by atomic mass is 127. The molecule has 6 nitrogen and oxygen atoms in total. The zero-order valence-electron chi connectivity index (χ0n) is 14.4. The van der Waals surface area contributed by atoms with E-state index >= 15 is 0 Å². The van der Waals surface area contributed by atoms with Crippen molar-refractivity contribution in [3.63, 3.8) is 0 Å². The molecule has 136 valence electrons. The van der Waals surface area contributed by atoms with Gasteiger partial charge in [-0.3, -0.25) is 4.99 Å². The Morgan fingerprint density at radius 2 is 2.04 bits per heavy atom. The lowest BCUT2D eigenvalue weighted by Gasteiger charge is -2.25.